The average molecular weight is 264 g/mol. The molecule has 0 aliphatic heterocycles. The van der Waals surface area contributed by atoms with Gasteiger partial charge in [-0.2, -0.15) is 5.10 Å². The molecule has 4 nitrogen and oxygen atoms in total. The molecule has 0 saturated carbocycles. The first kappa shape index (κ1) is 12.6. The summed E-state index contributed by atoms with van der Waals surface area (Å²) in [4.78, 5) is 12.1. The number of amides is 1. The van der Waals surface area contributed by atoms with Crippen LogP contribution in [0.2, 0.25) is 5.02 Å². The van der Waals surface area contributed by atoms with Crippen LogP contribution in [0.1, 0.15) is 19.4 Å². The van der Waals surface area contributed by atoms with E-state index in [2.05, 4.69) is 10.4 Å². The Bertz CT molecular complexity index is 524. The van der Waals surface area contributed by atoms with E-state index in [1.165, 1.54) is 6.20 Å². The molecule has 2 rings (SSSR count). The van der Waals surface area contributed by atoms with Gasteiger partial charge < -0.3 is 5.32 Å². The number of carbonyl (C=O) groups excluding carboxylic acids is 1. The number of benzene rings is 1. The van der Waals surface area contributed by atoms with Crippen LogP contribution in [-0.2, 0) is 4.79 Å². The minimum Gasteiger partial charge on any atom is -0.324 e. The molecule has 1 aromatic carbocycles. The number of rotatable bonds is 4. The Morgan fingerprint density at radius 3 is 2.72 bits per heavy atom. The molecule has 1 atom stereocenters. The lowest BCUT2D eigenvalue weighted by atomic mass is 10.2. The summed E-state index contributed by atoms with van der Waals surface area (Å²) in [5, 5.41) is 7.46. The van der Waals surface area contributed by atoms with Gasteiger partial charge in [-0.25, -0.2) is 0 Å². The summed E-state index contributed by atoms with van der Waals surface area (Å²) in [6.07, 6.45) is 3.83. The van der Waals surface area contributed by atoms with Crippen molar-refractivity contribution in [1.82, 2.24) is 9.78 Å². The summed E-state index contributed by atoms with van der Waals surface area (Å²) < 4.78 is 1.58. The lowest BCUT2D eigenvalue weighted by Gasteiger charge is -2.15. The Kier molecular flexibility index (Phi) is 3.99. The summed E-state index contributed by atoms with van der Waals surface area (Å²) in [6.45, 7) is 1.94. The van der Waals surface area contributed by atoms with E-state index in [4.69, 9.17) is 11.6 Å². The Balaban J connectivity index is 2.11. The summed E-state index contributed by atoms with van der Waals surface area (Å²) in [5.41, 5.74) is 0.777. The molecule has 5 heteroatoms. The van der Waals surface area contributed by atoms with Gasteiger partial charge in [0.2, 0.25) is 5.91 Å². The minimum atomic E-state index is -0.349. The van der Waals surface area contributed by atoms with Crippen LogP contribution < -0.4 is 5.32 Å². The Labute approximate surface area is 111 Å². The van der Waals surface area contributed by atoms with Crippen molar-refractivity contribution in [3.63, 3.8) is 0 Å². The fourth-order valence-electron chi connectivity index (χ4n) is 1.72. The molecule has 94 valence electrons. The van der Waals surface area contributed by atoms with Gasteiger partial charge in [0, 0.05) is 11.9 Å². The van der Waals surface area contributed by atoms with Crippen LogP contribution in [0.3, 0.4) is 0 Å². The number of halogens is 1. The second-order valence-electron chi connectivity index (χ2n) is 3.92. The maximum Gasteiger partial charge on any atom is 0.249 e. The minimum absolute atomic E-state index is 0.0940. The van der Waals surface area contributed by atoms with Gasteiger partial charge in [-0.3, -0.25) is 9.48 Å². The lowest BCUT2D eigenvalue weighted by molar-refractivity contribution is -0.119. The van der Waals surface area contributed by atoms with Crippen LogP contribution >= 0.6 is 11.6 Å². The van der Waals surface area contributed by atoms with E-state index in [1.807, 2.05) is 37.3 Å². The van der Waals surface area contributed by atoms with Gasteiger partial charge in [0.05, 0.1) is 11.2 Å². The third-order valence-electron chi connectivity index (χ3n) is 2.62. The molecule has 1 N–H and O–H groups in total. The maximum atomic E-state index is 12.1. The fraction of sp³-hybridized carbons (Fsp3) is 0.231. The van der Waals surface area contributed by atoms with E-state index >= 15 is 0 Å². The third kappa shape index (κ3) is 2.90. The second kappa shape index (κ2) is 5.69. The molecule has 0 saturated heterocycles. The number of hydrogen-bond acceptors (Lipinski definition) is 2. The molecule has 0 radical (unpaired) electrons. The molecule has 2 aromatic rings. The third-order valence-corrected chi connectivity index (χ3v) is 2.82. The van der Waals surface area contributed by atoms with Gasteiger partial charge in [-0.1, -0.05) is 36.7 Å². The van der Waals surface area contributed by atoms with Crippen molar-refractivity contribution in [1.29, 1.82) is 0 Å². The predicted octanol–water partition coefficient (Wildman–Crippen LogP) is 3.13. The number of nitrogens with one attached hydrogen (secondary N) is 1. The summed E-state index contributed by atoms with van der Waals surface area (Å²) in [6, 6.07) is 9.00. The van der Waals surface area contributed by atoms with Crippen LogP contribution in [0.4, 0.5) is 5.69 Å². The Morgan fingerprint density at radius 2 is 2.17 bits per heavy atom. The van der Waals surface area contributed by atoms with E-state index in [1.54, 1.807) is 10.9 Å². The lowest BCUT2D eigenvalue weighted by Crippen LogP contribution is -2.25. The summed E-state index contributed by atoms with van der Waals surface area (Å²) in [7, 11) is 0. The molecule has 1 unspecified atom stereocenters. The first-order valence-electron chi connectivity index (χ1n) is 5.76. The topological polar surface area (TPSA) is 46.9 Å². The van der Waals surface area contributed by atoms with E-state index in [-0.39, 0.29) is 11.9 Å². The monoisotopic (exact) mass is 263 g/mol. The summed E-state index contributed by atoms with van der Waals surface area (Å²) in [5.74, 6) is -0.0940. The van der Waals surface area contributed by atoms with E-state index in [9.17, 15) is 4.79 Å². The van der Waals surface area contributed by atoms with Gasteiger partial charge in [-0.15, -0.1) is 0 Å². The maximum absolute atomic E-state index is 12.1. The zero-order valence-corrected chi connectivity index (χ0v) is 10.8. The number of nitrogens with zero attached hydrogens (tertiary/aromatic N) is 2. The molecule has 1 amide bonds. The molecular weight excluding hydrogens is 250 g/mol. The second-order valence-corrected chi connectivity index (χ2v) is 4.35. The van der Waals surface area contributed by atoms with Gasteiger partial charge in [-0.05, 0) is 18.6 Å². The first-order valence-corrected chi connectivity index (χ1v) is 6.14. The first-order chi connectivity index (χ1) is 8.70. The molecule has 1 heterocycles. The molecule has 0 spiro atoms. The number of para-hydroxylation sites is 1. The zero-order chi connectivity index (χ0) is 13.0. The normalized spacial score (nSPS) is 12.1. The highest BCUT2D eigenvalue weighted by Gasteiger charge is 2.19. The van der Waals surface area contributed by atoms with E-state index in [0.717, 1.165) is 5.69 Å². The van der Waals surface area contributed by atoms with Gasteiger partial charge in [0.25, 0.3) is 0 Å². The number of anilines is 1. The highest BCUT2D eigenvalue weighted by molar-refractivity contribution is 6.30. The molecule has 0 bridgehead atoms. The molecule has 0 aliphatic carbocycles. The van der Waals surface area contributed by atoms with Gasteiger partial charge in [0.1, 0.15) is 6.04 Å². The van der Waals surface area contributed by atoms with E-state index in [0.29, 0.717) is 11.4 Å². The van der Waals surface area contributed by atoms with Crippen molar-refractivity contribution < 1.29 is 4.79 Å². The molecular formula is C13H14ClN3O. The highest BCUT2D eigenvalue weighted by Crippen LogP contribution is 2.16. The number of hydrogen-bond donors (Lipinski definition) is 1. The Morgan fingerprint density at radius 1 is 1.44 bits per heavy atom. The van der Waals surface area contributed by atoms with Crippen LogP contribution in [0.15, 0.2) is 42.7 Å². The van der Waals surface area contributed by atoms with Crippen LogP contribution in [-0.4, -0.2) is 15.7 Å². The van der Waals surface area contributed by atoms with Crippen LogP contribution in [0.25, 0.3) is 0 Å². The van der Waals surface area contributed by atoms with Crippen molar-refractivity contribution in [3.8, 4) is 0 Å². The van der Waals surface area contributed by atoms with Crippen molar-refractivity contribution >= 4 is 23.2 Å². The molecule has 0 fully saturated rings. The van der Waals surface area contributed by atoms with Crippen molar-refractivity contribution in [2.75, 3.05) is 5.32 Å². The predicted molar refractivity (Wildman–Crippen MR) is 71.6 cm³/mol. The number of aromatic nitrogens is 2. The SMILES string of the molecule is CCC(C(=O)Nc1ccccc1)n1cc(Cl)cn1. The van der Waals surface area contributed by atoms with Crippen LogP contribution in [0.5, 0.6) is 0 Å². The largest absolute Gasteiger partial charge is 0.324 e. The van der Waals surface area contributed by atoms with Crippen LogP contribution in [0, 0.1) is 0 Å². The van der Waals surface area contributed by atoms with Crippen molar-refractivity contribution in [2.45, 2.75) is 19.4 Å². The van der Waals surface area contributed by atoms with Gasteiger partial charge in [0.15, 0.2) is 0 Å². The molecule has 0 aliphatic rings. The van der Waals surface area contributed by atoms with Crippen molar-refractivity contribution in [3.05, 3.63) is 47.7 Å². The van der Waals surface area contributed by atoms with E-state index < -0.39 is 0 Å². The van der Waals surface area contributed by atoms with Crippen molar-refractivity contribution in [2.24, 2.45) is 0 Å². The smallest absolute Gasteiger partial charge is 0.249 e. The average Bonchev–Trinajstić information content (AvgIpc) is 2.78. The molecule has 18 heavy (non-hydrogen) atoms. The Hall–Kier alpha value is -1.81. The summed E-state index contributed by atoms with van der Waals surface area (Å²) >= 11 is 5.81. The highest BCUT2D eigenvalue weighted by atomic mass is 35.5. The quantitative estimate of drug-likeness (QED) is 0.921. The standard InChI is InChI=1S/C13H14ClN3O/c1-2-12(17-9-10(14)8-15-17)13(18)16-11-6-4-3-5-7-11/h3-9,12H,2H2,1H3,(H,16,18). The number of carbonyl (C=O) groups is 1. The fourth-order valence-corrected chi connectivity index (χ4v) is 1.87. The zero-order valence-electron chi connectivity index (χ0n) is 10.0. The molecule has 1 aromatic heterocycles. The van der Waals surface area contributed by atoms with Gasteiger partial charge >= 0.3 is 0 Å².